The Morgan fingerprint density at radius 2 is 1.65 bits per heavy atom. The molecule has 1 unspecified atom stereocenters. The van der Waals surface area contributed by atoms with Gasteiger partial charge in [-0.05, 0) is 29.4 Å². The Bertz CT molecular complexity index is 409. The van der Waals surface area contributed by atoms with E-state index in [-0.39, 0.29) is 0 Å². The van der Waals surface area contributed by atoms with Crippen LogP contribution in [0.25, 0.3) is 0 Å². The van der Waals surface area contributed by atoms with Crippen LogP contribution < -0.4 is 5.32 Å². The molecule has 94 valence electrons. The minimum Gasteiger partial charge on any atom is -0.306 e. The lowest BCUT2D eigenvalue weighted by Crippen LogP contribution is -2.25. The third-order valence-electron chi connectivity index (χ3n) is 4.81. The van der Waals surface area contributed by atoms with Crippen molar-refractivity contribution in [1.82, 2.24) is 5.32 Å². The number of hydrogen-bond acceptors (Lipinski definition) is 1. The van der Waals surface area contributed by atoms with E-state index in [4.69, 9.17) is 11.6 Å². The molecule has 0 aromatic heterocycles. The quantitative estimate of drug-likeness (QED) is 0.838. The second-order valence-corrected chi connectivity index (χ2v) is 6.69. The van der Waals surface area contributed by atoms with Gasteiger partial charge in [-0.3, -0.25) is 0 Å². The molecule has 1 aliphatic carbocycles. The van der Waals surface area contributed by atoms with Crippen LogP contribution in [-0.2, 0) is 0 Å². The molecule has 1 aliphatic rings. The molecule has 0 heterocycles. The average Bonchev–Trinajstić information content (AvgIpc) is 2.61. The number of hydrogen-bond donors (Lipinski definition) is 1. The summed E-state index contributed by atoms with van der Waals surface area (Å²) >= 11 is 6.23. The molecule has 1 N–H and O–H groups in total. The monoisotopic (exact) mass is 251 g/mol. The van der Waals surface area contributed by atoms with Crippen molar-refractivity contribution in [3.63, 3.8) is 0 Å². The normalized spacial score (nSPS) is 23.4. The van der Waals surface area contributed by atoms with Gasteiger partial charge in [-0.1, -0.05) is 57.5 Å². The van der Waals surface area contributed by atoms with Crippen molar-refractivity contribution < 1.29 is 0 Å². The van der Waals surface area contributed by atoms with Crippen LogP contribution in [0.1, 0.15) is 46.2 Å². The van der Waals surface area contributed by atoms with Gasteiger partial charge in [-0.25, -0.2) is 0 Å². The van der Waals surface area contributed by atoms with E-state index < -0.39 is 0 Å². The molecule has 1 saturated carbocycles. The Morgan fingerprint density at radius 3 is 2.12 bits per heavy atom. The van der Waals surface area contributed by atoms with Crippen LogP contribution in [0, 0.1) is 10.8 Å². The Labute approximate surface area is 110 Å². The van der Waals surface area contributed by atoms with Gasteiger partial charge in [0, 0.05) is 17.1 Å². The minimum atomic E-state index is 0.301. The van der Waals surface area contributed by atoms with E-state index >= 15 is 0 Å². The van der Waals surface area contributed by atoms with Gasteiger partial charge in [0.25, 0.3) is 0 Å². The third-order valence-corrected chi connectivity index (χ3v) is 5.15. The fourth-order valence-electron chi connectivity index (χ4n) is 2.78. The molecule has 1 atom stereocenters. The average molecular weight is 252 g/mol. The van der Waals surface area contributed by atoms with E-state index in [2.05, 4.69) is 46.0 Å². The molecule has 0 saturated heterocycles. The molecule has 1 fully saturated rings. The summed E-state index contributed by atoms with van der Waals surface area (Å²) in [6.45, 7) is 11.5. The van der Waals surface area contributed by atoms with E-state index in [0.717, 1.165) is 5.02 Å². The van der Waals surface area contributed by atoms with E-state index in [1.54, 1.807) is 0 Å². The van der Waals surface area contributed by atoms with Crippen molar-refractivity contribution in [2.24, 2.45) is 10.8 Å². The van der Waals surface area contributed by atoms with Gasteiger partial charge in [-0.15, -0.1) is 0 Å². The molecule has 0 radical (unpaired) electrons. The summed E-state index contributed by atoms with van der Waals surface area (Å²) < 4.78 is 0. The first-order valence-corrected chi connectivity index (χ1v) is 6.67. The fourth-order valence-corrected chi connectivity index (χ4v) is 3.08. The molecule has 2 heteroatoms. The van der Waals surface area contributed by atoms with E-state index in [0.29, 0.717) is 22.9 Å². The lowest BCUT2D eigenvalue weighted by Gasteiger charge is -2.17. The summed E-state index contributed by atoms with van der Waals surface area (Å²) in [6.07, 6.45) is 0. The molecule has 0 amide bonds. The van der Waals surface area contributed by atoms with Crippen molar-refractivity contribution in [3.05, 3.63) is 34.9 Å². The van der Waals surface area contributed by atoms with Gasteiger partial charge in [0.1, 0.15) is 0 Å². The zero-order chi connectivity index (χ0) is 12.8. The predicted molar refractivity (Wildman–Crippen MR) is 74.4 cm³/mol. The zero-order valence-electron chi connectivity index (χ0n) is 11.3. The summed E-state index contributed by atoms with van der Waals surface area (Å²) in [6, 6.07) is 8.93. The Hall–Kier alpha value is -0.530. The Kier molecular flexibility index (Phi) is 3.04. The second kappa shape index (κ2) is 4.00. The van der Waals surface area contributed by atoms with Crippen LogP contribution in [0.15, 0.2) is 24.3 Å². The van der Waals surface area contributed by atoms with E-state index in [1.165, 1.54) is 5.56 Å². The predicted octanol–water partition coefficient (Wildman–Crippen LogP) is 4.43. The molecule has 0 aliphatic heterocycles. The van der Waals surface area contributed by atoms with Crippen LogP contribution in [-0.4, -0.2) is 6.04 Å². The topological polar surface area (TPSA) is 12.0 Å². The van der Waals surface area contributed by atoms with Crippen LogP contribution >= 0.6 is 11.6 Å². The highest BCUT2D eigenvalue weighted by Gasteiger charge is 2.64. The number of rotatable bonds is 3. The highest BCUT2D eigenvalue weighted by Crippen LogP contribution is 2.63. The van der Waals surface area contributed by atoms with Gasteiger partial charge in [0.05, 0.1) is 0 Å². The number of benzene rings is 1. The Balaban J connectivity index is 2.10. The smallest absolute Gasteiger partial charge is 0.0453 e. The molecule has 1 aromatic rings. The lowest BCUT2D eigenvalue weighted by atomic mass is 10.0. The first-order valence-electron chi connectivity index (χ1n) is 6.29. The van der Waals surface area contributed by atoms with Crippen LogP contribution in [0.2, 0.25) is 5.02 Å². The van der Waals surface area contributed by atoms with Crippen molar-refractivity contribution in [2.75, 3.05) is 0 Å². The number of halogens is 1. The maximum absolute atomic E-state index is 6.23. The third kappa shape index (κ3) is 2.00. The van der Waals surface area contributed by atoms with Gasteiger partial charge < -0.3 is 5.32 Å². The van der Waals surface area contributed by atoms with Crippen LogP contribution in [0.4, 0.5) is 0 Å². The van der Waals surface area contributed by atoms with Crippen molar-refractivity contribution in [2.45, 2.75) is 46.7 Å². The maximum atomic E-state index is 6.23. The lowest BCUT2D eigenvalue weighted by molar-refractivity contribution is 0.457. The highest BCUT2D eigenvalue weighted by molar-refractivity contribution is 6.31. The fraction of sp³-hybridized carbons (Fsp3) is 0.600. The van der Waals surface area contributed by atoms with Crippen LogP contribution in [0.5, 0.6) is 0 Å². The molecule has 0 spiro atoms. The molecule has 17 heavy (non-hydrogen) atoms. The SMILES string of the molecule is CC(NC1C(C)(C)C1(C)C)c1ccccc1Cl. The van der Waals surface area contributed by atoms with Crippen molar-refractivity contribution in [3.8, 4) is 0 Å². The largest absolute Gasteiger partial charge is 0.306 e. The molecule has 1 aromatic carbocycles. The van der Waals surface area contributed by atoms with Crippen molar-refractivity contribution >= 4 is 11.6 Å². The van der Waals surface area contributed by atoms with Gasteiger partial charge in [-0.2, -0.15) is 0 Å². The molecular formula is C15H22ClN. The van der Waals surface area contributed by atoms with Gasteiger partial charge >= 0.3 is 0 Å². The maximum Gasteiger partial charge on any atom is 0.0453 e. The molecule has 1 nitrogen and oxygen atoms in total. The zero-order valence-corrected chi connectivity index (χ0v) is 12.1. The summed E-state index contributed by atoms with van der Waals surface area (Å²) in [5, 5.41) is 4.56. The first kappa shape index (κ1) is 12.9. The second-order valence-electron chi connectivity index (χ2n) is 6.29. The summed E-state index contributed by atoms with van der Waals surface area (Å²) in [5.74, 6) is 0. The van der Waals surface area contributed by atoms with Gasteiger partial charge in [0.2, 0.25) is 0 Å². The van der Waals surface area contributed by atoms with Crippen LogP contribution in [0.3, 0.4) is 0 Å². The summed E-state index contributed by atoms with van der Waals surface area (Å²) in [7, 11) is 0. The first-order chi connectivity index (χ1) is 7.78. The number of nitrogens with one attached hydrogen (secondary N) is 1. The summed E-state index contributed by atoms with van der Waals surface area (Å²) in [5.41, 5.74) is 1.91. The van der Waals surface area contributed by atoms with Crippen molar-refractivity contribution in [1.29, 1.82) is 0 Å². The van der Waals surface area contributed by atoms with E-state index in [9.17, 15) is 0 Å². The molecular weight excluding hydrogens is 230 g/mol. The minimum absolute atomic E-state index is 0.301. The van der Waals surface area contributed by atoms with E-state index in [1.807, 2.05) is 18.2 Å². The Morgan fingerprint density at radius 1 is 1.12 bits per heavy atom. The highest BCUT2D eigenvalue weighted by atomic mass is 35.5. The molecule has 2 rings (SSSR count). The van der Waals surface area contributed by atoms with Gasteiger partial charge in [0.15, 0.2) is 0 Å². The molecule has 0 bridgehead atoms. The summed E-state index contributed by atoms with van der Waals surface area (Å²) in [4.78, 5) is 0. The standard InChI is InChI=1S/C15H22ClN/c1-10(11-8-6-7-9-12(11)16)17-13-14(2,3)15(13,4)5/h6-10,13,17H,1-5H3.